The molecule has 0 aliphatic carbocycles. The van der Waals surface area contributed by atoms with Gasteiger partial charge in [0.2, 0.25) is 0 Å². The molecule has 0 aliphatic rings. The number of hydrogen-bond acceptors (Lipinski definition) is 5. The number of nitrogens with zero attached hydrogens (tertiary/aromatic N) is 3. The Morgan fingerprint density at radius 3 is 2.53 bits per heavy atom. The maximum absolute atomic E-state index is 13.4. The van der Waals surface area contributed by atoms with E-state index in [1.807, 2.05) is 31.2 Å². The van der Waals surface area contributed by atoms with E-state index >= 15 is 0 Å². The third-order valence-electron chi connectivity index (χ3n) is 5.69. The highest BCUT2D eigenvalue weighted by molar-refractivity contribution is 9.10. The zero-order valence-electron chi connectivity index (χ0n) is 20.8. The van der Waals surface area contributed by atoms with Gasteiger partial charge < -0.3 is 9.47 Å². The lowest BCUT2D eigenvalue weighted by molar-refractivity contribution is 0.269. The minimum absolute atomic E-state index is 0.242. The lowest BCUT2D eigenvalue weighted by atomic mass is 10.2. The Hall–Kier alpha value is -2.39. The van der Waals surface area contributed by atoms with E-state index in [9.17, 15) is 4.79 Å². The molecule has 0 saturated carbocycles. The standard InChI is InChI=1S/C28H25Br2Cl2N3O3/c1-3-5-6-24-34-22-12-9-19(29)14-21(22)28(36)35(24)33-15-18-13-23(37-4-2)27(26(32)25(18)30)38-16-17-7-10-20(31)11-8-17/h7-15H,3-6,16H2,1-2H3. The molecule has 1 aromatic heterocycles. The van der Waals surface area contributed by atoms with Gasteiger partial charge in [0.1, 0.15) is 17.5 Å². The molecule has 10 heteroatoms. The number of halogens is 4. The van der Waals surface area contributed by atoms with E-state index in [0.717, 1.165) is 22.9 Å². The second-order valence-corrected chi connectivity index (χ2v) is 10.9. The Kier molecular flexibility index (Phi) is 9.87. The van der Waals surface area contributed by atoms with Crippen molar-refractivity contribution >= 4 is 72.2 Å². The van der Waals surface area contributed by atoms with Crippen molar-refractivity contribution in [3.05, 3.63) is 94.8 Å². The van der Waals surface area contributed by atoms with Crippen LogP contribution in [-0.4, -0.2) is 22.5 Å². The fraction of sp³-hybridized carbons (Fsp3) is 0.250. The molecule has 38 heavy (non-hydrogen) atoms. The molecule has 0 atom stereocenters. The fourth-order valence-electron chi connectivity index (χ4n) is 3.76. The summed E-state index contributed by atoms with van der Waals surface area (Å²) in [6, 6.07) is 14.6. The van der Waals surface area contributed by atoms with E-state index < -0.39 is 0 Å². The molecule has 1 heterocycles. The highest BCUT2D eigenvalue weighted by Gasteiger charge is 2.18. The smallest absolute Gasteiger partial charge is 0.282 e. The summed E-state index contributed by atoms with van der Waals surface area (Å²) in [7, 11) is 0. The molecule has 0 N–H and O–H groups in total. The molecular weight excluding hydrogens is 657 g/mol. The van der Waals surface area contributed by atoms with Crippen molar-refractivity contribution in [2.45, 2.75) is 39.7 Å². The van der Waals surface area contributed by atoms with Crippen LogP contribution in [0.4, 0.5) is 0 Å². The molecule has 0 aliphatic heterocycles. The normalized spacial score (nSPS) is 11.4. The van der Waals surface area contributed by atoms with Crippen LogP contribution < -0.4 is 15.0 Å². The van der Waals surface area contributed by atoms with Gasteiger partial charge in [-0.25, -0.2) is 4.98 Å². The highest BCUT2D eigenvalue weighted by Crippen LogP contribution is 2.42. The van der Waals surface area contributed by atoms with Gasteiger partial charge in [0.05, 0.1) is 23.7 Å². The van der Waals surface area contributed by atoms with Crippen molar-refractivity contribution in [2.75, 3.05) is 6.61 Å². The van der Waals surface area contributed by atoms with Crippen LogP contribution in [0.2, 0.25) is 10.0 Å². The van der Waals surface area contributed by atoms with Crippen LogP contribution in [0.5, 0.6) is 11.5 Å². The number of aryl methyl sites for hydroxylation is 1. The van der Waals surface area contributed by atoms with E-state index in [4.69, 9.17) is 37.7 Å². The van der Waals surface area contributed by atoms with Crippen LogP contribution in [0.15, 0.2) is 67.4 Å². The van der Waals surface area contributed by atoms with Crippen molar-refractivity contribution in [2.24, 2.45) is 5.10 Å². The Bertz CT molecular complexity index is 1540. The molecule has 4 rings (SSSR count). The van der Waals surface area contributed by atoms with Gasteiger partial charge in [-0.3, -0.25) is 4.79 Å². The summed E-state index contributed by atoms with van der Waals surface area (Å²) in [5.74, 6) is 1.47. The Balaban J connectivity index is 1.73. The minimum Gasteiger partial charge on any atom is -0.490 e. The summed E-state index contributed by atoms with van der Waals surface area (Å²) in [5.41, 5.74) is 1.96. The molecule has 0 unspecified atom stereocenters. The number of benzene rings is 3. The first-order valence-corrected chi connectivity index (χ1v) is 14.4. The van der Waals surface area contributed by atoms with Crippen LogP contribution in [0, 0.1) is 0 Å². The van der Waals surface area contributed by atoms with Crippen molar-refractivity contribution in [3.8, 4) is 11.5 Å². The van der Waals surface area contributed by atoms with Crippen LogP contribution in [0.1, 0.15) is 43.6 Å². The summed E-state index contributed by atoms with van der Waals surface area (Å²) in [5, 5.41) is 6.02. The Morgan fingerprint density at radius 1 is 1.05 bits per heavy atom. The number of unbranched alkanes of at least 4 members (excludes halogenated alkanes) is 1. The van der Waals surface area contributed by atoms with Crippen LogP contribution in [0.25, 0.3) is 10.9 Å². The molecule has 6 nitrogen and oxygen atoms in total. The predicted octanol–water partition coefficient (Wildman–Crippen LogP) is 8.43. The zero-order valence-corrected chi connectivity index (χ0v) is 25.5. The quantitative estimate of drug-likeness (QED) is 0.158. The molecule has 198 valence electrons. The molecule has 0 amide bonds. The maximum Gasteiger partial charge on any atom is 0.282 e. The molecular formula is C28H25Br2Cl2N3O3. The molecule has 0 fully saturated rings. The van der Waals surface area contributed by atoms with Gasteiger partial charge in [-0.15, -0.1) is 0 Å². The van der Waals surface area contributed by atoms with Gasteiger partial charge in [-0.05, 0) is 71.2 Å². The largest absolute Gasteiger partial charge is 0.490 e. The molecule has 0 saturated heterocycles. The fourth-order valence-corrected chi connectivity index (χ4v) is 4.90. The van der Waals surface area contributed by atoms with Crippen molar-refractivity contribution in [3.63, 3.8) is 0 Å². The molecule has 4 aromatic rings. The average molecular weight is 682 g/mol. The average Bonchev–Trinajstić information content (AvgIpc) is 2.91. The third-order valence-corrected chi connectivity index (χ3v) is 7.88. The lowest BCUT2D eigenvalue weighted by Crippen LogP contribution is -2.22. The van der Waals surface area contributed by atoms with Gasteiger partial charge in [-0.1, -0.05) is 64.6 Å². The molecule has 0 spiro atoms. The van der Waals surface area contributed by atoms with Crippen molar-refractivity contribution < 1.29 is 9.47 Å². The zero-order chi connectivity index (χ0) is 27.2. The second-order valence-electron chi connectivity index (χ2n) is 8.42. The van der Waals surface area contributed by atoms with Gasteiger partial charge in [0.15, 0.2) is 11.5 Å². The van der Waals surface area contributed by atoms with Crippen molar-refractivity contribution in [1.82, 2.24) is 9.66 Å². The number of aromatic nitrogens is 2. The third kappa shape index (κ3) is 6.60. The maximum atomic E-state index is 13.4. The van der Waals surface area contributed by atoms with Gasteiger partial charge >= 0.3 is 0 Å². The van der Waals surface area contributed by atoms with E-state index in [1.165, 1.54) is 4.68 Å². The Labute approximate surface area is 247 Å². The van der Waals surface area contributed by atoms with E-state index in [2.05, 4.69) is 43.9 Å². The van der Waals surface area contributed by atoms with Crippen LogP contribution in [0.3, 0.4) is 0 Å². The minimum atomic E-state index is -0.242. The van der Waals surface area contributed by atoms with Crippen molar-refractivity contribution in [1.29, 1.82) is 0 Å². The summed E-state index contributed by atoms with van der Waals surface area (Å²) in [6.07, 6.45) is 4.05. The van der Waals surface area contributed by atoms with Crippen LogP contribution >= 0.6 is 55.1 Å². The molecule has 0 bridgehead atoms. The summed E-state index contributed by atoms with van der Waals surface area (Å²) >= 11 is 19.7. The lowest BCUT2D eigenvalue weighted by Gasteiger charge is -2.16. The topological polar surface area (TPSA) is 65.7 Å². The summed E-state index contributed by atoms with van der Waals surface area (Å²) in [6.45, 7) is 4.67. The summed E-state index contributed by atoms with van der Waals surface area (Å²) < 4.78 is 14.6. The summed E-state index contributed by atoms with van der Waals surface area (Å²) in [4.78, 5) is 18.1. The van der Waals surface area contributed by atoms with Gasteiger partial charge in [0, 0.05) is 26.0 Å². The SMILES string of the molecule is CCCCc1nc2ccc(Br)cc2c(=O)n1N=Cc1cc(OCC)c(OCc2ccc(Cl)cc2)c(Cl)c1Br. The van der Waals surface area contributed by atoms with E-state index in [-0.39, 0.29) is 12.2 Å². The number of ether oxygens (including phenoxy) is 2. The van der Waals surface area contributed by atoms with E-state index in [0.29, 0.717) is 61.3 Å². The van der Waals surface area contributed by atoms with Gasteiger partial charge in [0.25, 0.3) is 5.56 Å². The Morgan fingerprint density at radius 2 is 1.82 bits per heavy atom. The van der Waals surface area contributed by atoms with Crippen LogP contribution in [-0.2, 0) is 13.0 Å². The first-order chi connectivity index (χ1) is 18.3. The number of fused-ring (bicyclic) bond motifs is 1. The first-order valence-electron chi connectivity index (χ1n) is 12.1. The number of hydrogen-bond donors (Lipinski definition) is 0. The molecule has 3 aromatic carbocycles. The highest BCUT2D eigenvalue weighted by atomic mass is 79.9. The second kappa shape index (κ2) is 13.1. The monoisotopic (exact) mass is 679 g/mol. The number of rotatable bonds is 10. The van der Waals surface area contributed by atoms with Gasteiger partial charge in [-0.2, -0.15) is 9.78 Å². The predicted molar refractivity (Wildman–Crippen MR) is 161 cm³/mol. The first kappa shape index (κ1) is 28.6. The molecule has 0 radical (unpaired) electrons. The van der Waals surface area contributed by atoms with E-state index in [1.54, 1.807) is 30.5 Å².